The zero-order valence-corrected chi connectivity index (χ0v) is 11.0. The van der Waals surface area contributed by atoms with Gasteiger partial charge in [0.15, 0.2) is 0 Å². The molecule has 0 saturated carbocycles. The van der Waals surface area contributed by atoms with Gasteiger partial charge in [-0.25, -0.2) is 8.78 Å². The van der Waals surface area contributed by atoms with Crippen LogP contribution in [-0.2, 0) is 12.8 Å². The Balaban J connectivity index is 1.83. The van der Waals surface area contributed by atoms with Gasteiger partial charge < -0.3 is 5.11 Å². The maximum atomic E-state index is 13.7. The van der Waals surface area contributed by atoms with Crippen molar-refractivity contribution in [2.75, 3.05) is 0 Å². The van der Waals surface area contributed by atoms with Crippen LogP contribution in [0.3, 0.4) is 0 Å². The van der Waals surface area contributed by atoms with Crippen LogP contribution in [0.4, 0.5) is 8.78 Å². The molecule has 0 spiro atoms. The van der Waals surface area contributed by atoms with E-state index in [4.69, 9.17) is 0 Å². The molecule has 104 valence electrons. The average molecular weight is 274 g/mol. The van der Waals surface area contributed by atoms with Crippen molar-refractivity contribution >= 4 is 0 Å². The Morgan fingerprint density at radius 3 is 2.70 bits per heavy atom. The van der Waals surface area contributed by atoms with Crippen LogP contribution in [0.15, 0.2) is 42.5 Å². The molecule has 2 atom stereocenters. The molecule has 0 saturated heterocycles. The molecule has 0 aromatic heterocycles. The van der Waals surface area contributed by atoms with E-state index < -0.39 is 17.7 Å². The van der Waals surface area contributed by atoms with Crippen LogP contribution in [0.25, 0.3) is 0 Å². The van der Waals surface area contributed by atoms with E-state index in [1.807, 2.05) is 24.3 Å². The third-order valence-corrected chi connectivity index (χ3v) is 4.10. The molecule has 0 amide bonds. The molecule has 1 aliphatic rings. The molecule has 1 N–H and O–H groups in total. The Morgan fingerprint density at radius 1 is 1.10 bits per heavy atom. The van der Waals surface area contributed by atoms with Crippen molar-refractivity contribution < 1.29 is 13.9 Å². The highest BCUT2D eigenvalue weighted by atomic mass is 19.1. The van der Waals surface area contributed by atoms with E-state index >= 15 is 0 Å². The van der Waals surface area contributed by atoms with Crippen molar-refractivity contribution in [3.05, 3.63) is 70.8 Å². The lowest BCUT2D eigenvalue weighted by Crippen LogP contribution is -2.22. The Morgan fingerprint density at radius 2 is 1.90 bits per heavy atom. The molecule has 1 nitrogen and oxygen atoms in total. The fraction of sp³-hybridized carbons (Fsp3) is 0.294. The molecule has 2 unspecified atom stereocenters. The van der Waals surface area contributed by atoms with Gasteiger partial charge in [-0.3, -0.25) is 0 Å². The second-order valence-electron chi connectivity index (χ2n) is 5.38. The normalized spacial score (nSPS) is 21.6. The zero-order chi connectivity index (χ0) is 14.1. The van der Waals surface area contributed by atoms with E-state index in [0.29, 0.717) is 12.0 Å². The molecular formula is C17H16F2O. The number of hydrogen-bond donors (Lipinski definition) is 1. The monoisotopic (exact) mass is 274 g/mol. The second kappa shape index (κ2) is 5.33. The van der Waals surface area contributed by atoms with Gasteiger partial charge in [-0.05, 0) is 47.9 Å². The molecule has 0 bridgehead atoms. The van der Waals surface area contributed by atoms with Crippen LogP contribution < -0.4 is 0 Å². The molecule has 0 heterocycles. The number of hydrogen-bond acceptors (Lipinski definition) is 1. The van der Waals surface area contributed by atoms with Gasteiger partial charge in [-0.1, -0.05) is 30.3 Å². The summed E-state index contributed by atoms with van der Waals surface area (Å²) < 4.78 is 26.6. The first kappa shape index (κ1) is 13.3. The van der Waals surface area contributed by atoms with E-state index in [0.717, 1.165) is 30.0 Å². The molecular weight excluding hydrogens is 258 g/mol. The van der Waals surface area contributed by atoms with Crippen molar-refractivity contribution in [2.45, 2.75) is 25.4 Å². The molecule has 0 radical (unpaired) electrons. The van der Waals surface area contributed by atoms with E-state index in [9.17, 15) is 13.9 Å². The van der Waals surface area contributed by atoms with Gasteiger partial charge in [0.1, 0.15) is 11.6 Å². The summed E-state index contributed by atoms with van der Waals surface area (Å²) in [4.78, 5) is 0. The van der Waals surface area contributed by atoms with E-state index in [1.54, 1.807) is 0 Å². The van der Waals surface area contributed by atoms with Crippen molar-refractivity contribution in [3.63, 3.8) is 0 Å². The Labute approximate surface area is 116 Å². The lowest BCUT2D eigenvalue weighted by Gasteiger charge is -2.30. The quantitative estimate of drug-likeness (QED) is 0.883. The predicted octanol–water partition coefficient (Wildman–Crippen LogP) is 3.80. The standard InChI is InChI=1S/C17H16F2O/c18-14-8-7-12(16(19)10-14)9-13-6-5-11-3-1-2-4-15(11)17(13)20/h1-4,7-8,10,13,17,20H,5-6,9H2. The van der Waals surface area contributed by atoms with Gasteiger partial charge in [0, 0.05) is 6.07 Å². The minimum absolute atomic E-state index is 0.0233. The summed E-state index contributed by atoms with van der Waals surface area (Å²) in [6, 6.07) is 11.5. The minimum Gasteiger partial charge on any atom is -0.388 e. The largest absolute Gasteiger partial charge is 0.388 e. The molecule has 2 aromatic rings. The van der Waals surface area contributed by atoms with Crippen molar-refractivity contribution in [1.29, 1.82) is 0 Å². The molecule has 3 rings (SSSR count). The summed E-state index contributed by atoms with van der Waals surface area (Å²) in [6.07, 6.45) is 1.56. The lowest BCUT2D eigenvalue weighted by molar-refractivity contribution is 0.0932. The molecule has 1 aliphatic carbocycles. The molecule has 2 aromatic carbocycles. The minimum atomic E-state index is -0.579. The summed E-state index contributed by atoms with van der Waals surface area (Å²) in [7, 11) is 0. The SMILES string of the molecule is OC1c2ccccc2CCC1Cc1ccc(F)cc1F. The Bertz CT molecular complexity index is 624. The number of aliphatic hydroxyl groups excluding tert-OH is 1. The van der Waals surface area contributed by atoms with Gasteiger partial charge in [-0.2, -0.15) is 0 Å². The first-order valence-corrected chi connectivity index (χ1v) is 6.85. The van der Waals surface area contributed by atoms with Crippen molar-refractivity contribution in [2.24, 2.45) is 5.92 Å². The third kappa shape index (κ3) is 2.46. The maximum absolute atomic E-state index is 13.7. The van der Waals surface area contributed by atoms with Crippen molar-refractivity contribution in [3.8, 4) is 0 Å². The van der Waals surface area contributed by atoms with E-state index in [1.165, 1.54) is 12.1 Å². The van der Waals surface area contributed by atoms with Gasteiger partial charge in [-0.15, -0.1) is 0 Å². The summed E-state index contributed by atoms with van der Waals surface area (Å²) in [5.41, 5.74) is 2.57. The second-order valence-corrected chi connectivity index (χ2v) is 5.38. The number of benzene rings is 2. The van der Waals surface area contributed by atoms with E-state index in [-0.39, 0.29) is 5.92 Å². The van der Waals surface area contributed by atoms with Crippen LogP contribution in [0.5, 0.6) is 0 Å². The summed E-state index contributed by atoms with van der Waals surface area (Å²) in [5.74, 6) is -1.12. The zero-order valence-electron chi connectivity index (χ0n) is 11.0. The Hall–Kier alpha value is -1.74. The highest BCUT2D eigenvalue weighted by Gasteiger charge is 2.28. The maximum Gasteiger partial charge on any atom is 0.129 e. The summed E-state index contributed by atoms with van der Waals surface area (Å²) >= 11 is 0. The predicted molar refractivity (Wildman–Crippen MR) is 73.3 cm³/mol. The van der Waals surface area contributed by atoms with E-state index in [2.05, 4.69) is 0 Å². The van der Waals surface area contributed by atoms with Crippen LogP contribution in [0.1, 0.15) is 29.2 Å². The van der Waals surface area contributed by atoms with Crippen LogP contribution >= 0.6 is 0 Å². The molecule has 0 aliphatic heterocycles. The number of fused-ring (bicyclic) bond motifs is 1. The lowest BCUT2D eigenvalue weighted by atomic mass is 9.78. The smallest absolute Gasteiger partial charge is 0.129 e. The Kier molecular flexibility index (Phi) is 3.53. The van der Waals surface area contributed by atoms with Crippen LogP contribution in [0.2, 0.25) is 0 Å². The number of aliphatic hydroxyl groups is 1. The number of aryl methyl sites for hydroxylation is 1. The van der Waals surface area contributed by atoms with Gasteiger partial charge in [0.25, 0.3) is 0 Å². The first-order valence-electron chi connectivity index (χ1n) is 6.85. The number of halogens is 2. The third-order valence-electron chi connectivity index (χ3n) is 4.10. The fourth-order valence-corrected chi connectivity index (χ4v) is 2.99. The summed E-state index contributed by atoms with van der Waals surface area (Å²) in [6.45, 7) is 0. The number of rotatable bonds is 2. The highest BCUT2D eigenvalue weighted by molar-refractivity contribution is 5.32. The molecule has 20 heavy (non-hydrogen) atoms. The van der Waals surface area contributed by atoms with Crippen LogP contribution in [-0.4, -0.2) is 5.11 Å². The van der Waals surface area contributed by atoms with Gasteiger partial charge in [0.05, 0.1) is 6.10 Å². The van der Waals surface area contributed by atoms with Gasteiger partial charge >= 0.3 is 0 Å². The van der Waals surface area contributed by atoms with Gasteiger partial charge in [0.2, 0.25) is 0 Å². The summed E-state index contributed by atoms with van der Waals surface area (Å²) in [5, 5.41) is 10.4. The van der Waals surface area contributed by atoms with Crippen molar-refractivity contribution in [1.82, 2.24) is 0 Å². The first-order chi connectivity index (χ1) is 9.65. The fourth-order valence-electron chi connectivity index (χ4n) is 2.99. The average Bonchev–Trinajstić information content (AvgIpc) is 2.45. The molecule has 0 fully saturated rings. The topological polar surface area (TPSA) is 20.2 Å². The van der Waals surface area contributed by atoms with Crippen LogP contribution in [0, 0.1) is 17.6 Å². The molecule has 3 heteroatoms. The highest BCUT2D eigenvalue weighted by Crippen LogP contribution is 2.36.